The summed E-state index contributed by atoms with van der Waals surface area (Å²) in [7, 11) is -3.86. The number of ether oxygens (including phenoxy) is 1. The molecule has 0 spiro atoms. The number of benzene rings is 2. The first-order valence-electron chi connectivity index (χ1n) is 7.52. The Hall–Kier alpha value is -2.52. The van der Waals surface area contributed by atoms with E-state index >= 15 is 0 Å². The average Bonchev–Trinajstić information content (AvgIpc) is 2.57. The zero-order valence-corrected chi connectivity index (χ0v) is 14.5. The van der Waals surface area contributed by atoms with Gasteiger partial charge in [0, 0.05) is 19.2 Å². The van der Waals surface area contributed by atoms with Crippen LogP contribution in [0.25, 0.3) is 0 Å². The van der Waals surface area contributed by atoms with E-state index in [0.717, 1.165) is 18.2 Å². The molecule has 25 heavy (non-hydrogen) atoms. The Morgan fingerprint density at radius 3 is 2.32 bits per heavy atom. The van der Waals surface area contributed by atoms with Crippen LogP contribution in [0.3, 0.4) is 0 Å². The minimum atomic E-state index is -3.86. The smallest absolute Gasteiger partial charge is 0.312 e. The number of nitro benzene ring substituents is 1. The van der Waals surface area contributed by atoms with E-state index in [0.29, 0.717) is 0 Å². The summed E-state index contributed by atoms with van der Waals surface area (Å²) in [6.07, 6.45) is 0. The summed E-state index contributed by atoms with van der Waals surface area (Å²) >= 11 is 0. The van der Waals surface area contributed by atoms with Crippen molar-refractivity contribution in [2.45, 2.75) is 18.7 Å². The van der Waals surface area contributed by atoms with Gasteiger partial charge in [0.05, 0.1) is 9.82 Å². The van der Waals surface area contributed by atoms with Crippen molar-refractivity contribution in [2.75, 3.05) is 13.1 Å². The Morgan fingerprint density at radius 2 is 1.76 bits per heavy atom. The molecule has 0 atom stereocenters. The first-order chi connectivity index (χ1) is 11.8. The number of halogens is 1. The van der Waals surface area contributed by atoms with Crippen LogP contribution in [0.4, 0.5) is 10.1 Å². The van der Waals surface area contributed by atoms with Crippen LogP contribution in [-0.2, 0) is 10.0 Å². The molecule has 9 heteroatoms. The minimum Gasteiger partial charge on any atom is -0.447 e. The van der Waals surface area contributed by atoms with E-state index in [-0.39, 0.29) is 29.5 Å². The molecule has 0 aliphatic carbocycles. The van der Waals surface area contributed by atoms with Crippen molar-refractivity contribution >= 4 is 15.7 Å². The zero-order chi connectivity index (χ0) is 18.6. The van der Waals surface area contributed by atoms with Gasteiger partial charge in [-0.1, -0.05) is 26.0 Å². The average molecular weight is 368 g/mol. The van der Waals surface area contributed by atoms with Gasteiger partial charge in [0.25, 0.3) is 0 Å². The minimum absolute atomic E-state index is 0.190. The Balaban J connectivity index is 2.49. The van der Waals surface area contributed by atoms with Crippen molar-refractivity contribution in [3.05, 3.63) is 58.4 Å². The largest absolute Gasteiger partial charge is 0.447 e. The fourth-order valence-electron chi connectivity index (χ4n) is 2.25. The summed E-state index contributed by atoms with van der Waals surface area (Å²) < 4.78 is 45.1. The van der Waals surface area contributed by atoms with Crippen LogP contribution in [0.2, 0.25) is 0 Å². The van der Waals surface area contributed by atoms with Crippen LogP contribution in [0, 0.1) is 15.9 Å². The van der Waals surface area contributed by atoms with E-state index < -0.39 is 26.5 Å². The van der Waals surface area contributed by atoms with Gasteiger partial charge >= 0.3 is 5.69 Å². The topological polar surface area (TPSA) is 89.8 Å². The lowest BCUT2D eigenvalue weighted by molar-refractivity contribution is -0.385. The zero-order valence-electron chi connectivity index (χ0n) is 13.7. The third kappa shape index (κ3) is 3.94. The molecule has 0 saturated carbocycles. The van der Waals surface area contributed by atoms with Crippen LogP contribution in [0.1, 0.15) is 13.8 Å². The SMILES string of the molecule is CCN(CC)S(=O)(=O)c1ccc(Oc2ccccc2F)c([N+](=O)[O-])c1. The third-order valence-electron chi connectivity index (χ3n) is 3.53. The molecule has 0 aliphatic rings. The lowest BCUT2D eigenvalue weighted by atomic mass is 10.3. The number of sulfonamides is 1. The number of nitro groups is 1. The molecule has 134 valence electrons. The Kier molecular flexibility index (Phi) is 5.70. The highest BCUT2D eigenvalue weighted by atomic mass is 32.2. The highest BCUT2D eigenvalue weighted by molar-refractivity contribution is 7.89. The second kappa shape index (κ2) is 7.58. The molecule has 0 unspecified atom stereocenters. The Morgan fingerprint density at radius 1 is 1.12 bits per heavy atom. The van der Waals surface area contributed by atoms with Crippen LogP contribution in [0.15, 0.2) is 47.4 Å². The second-order valence-corrected chi connectivity index (χ2v) is 6.95. The number of nitrogens with zero attached hydrogens (tertiary/aromatic N) is 2. The molecule has 0 saturated heterocycles. The highest BCUT2D eigenvalue weighted by Gasteiger charge is 2.26. The van der Waals surface area contributed by atoms with Crippen LogP contribution < -0.4 is 4.74 Å². The van der Waals surface area contributed by atoms with Gasteiger partial charge < -0.3 is 4.74 Å². The molecule has 7 nitrogen and oxygen atoms in total. The third-order valence-corrected chi connectivity index (χ3v) is 5.57. The van der Waals surface area contributed by atoms with Crippen LogP contribution >= 0.6 is 0 Å². The monoisotopic (exact) mass is 368 g/mol. The van der Waals surface area contributed by atoms with E-state index in [1.165, 1.54) is 28.6 Å². The molecule has 0 bridgehead atoms. The highest BCUT2D eigenvalue weighted by Crippen LogP contribution is 2.34. The molecule has 0 amide bonds. The molecule has 0 heterocycles. The van der Waals surface area contributed by atoms with E-state index in [1.54, 1.807) is 13.8 Å². The fraction of sp³-hybridized carbons (Fsp3) is 0.250. The first-order valence-corrected chi connectivity index (χ1v) is 8.96. The first kappa shape index (κ1) is 18.8. The summed E-state index contributed by atoms with van der Waals surface area (Å²) in [5.41, 5.74) is -0.559. The lowest BCUT2D eigenvalue weighted by Gasteiger charge is -2.18. The van der Waals surface area contributed by atoms with E-state index in [4.69, 9.17) is 4.74 Å². The van der Waals surface area contributed by atoms with Gasteiger partial charge in [0.1, 0.15) is 0 Å². The predicted molar refractivity (Wildman–Crippen MR) is 89.7 cm³/mol. The van der Waals surface area contributed by atoms with Gasteiger partial charge in [0.2, 0.25) is 15.8 Å². The molecule has 0 aromatic heterocycles. The van der Waals surface area contributed by atoms with Gasteiger partial charge in [-0.3, -0.25) is 10.1 Å². The van der Waals surface area contributed by atoms with Crippen molar-refractivity contribution in [2.24, 2.45) is 0 Å². The molecular formula is C16H17FN2O5S. The van der Waals surface area contributed by atoms with Gasteiger partial charge in [-0.05, 0) is 24.3 Å². The van der Waals surface area contributed by atoms with Crippen molar-refractivity contribution in [1.29, 1.82) is 0 Å². The van der Waals surface area contributed by atoms with E-state index in [9.17, 15) is 22.9 Å². The predicted octanol–water partition coefficient (Wildman–Crippen LogP) is 3.56. The summed E-state index contributed by atoms with van der Waals surface area (Å²) in [4.78, 5) is 10.3. The number of hydrogen-bond donors (Lipinski definition) is 0. The number of para-hydroxylation sites is 1. The van der Waals surface area contributed by atoms with Gasteiger partial charge in [0.15, 0.2) is 11.6 Å². The van der Waals surface area contributed by atoms with Crippen molar-refractivity contribution in [3.63, 3.8) is 0 Å². The normalized spacial score (nSPS) is 11.5. The molecule has 0 N–H and O–H groups in total. The maximum atomic E-state index is 13.7. The maximum Gasteiger partial charge on any atom is 0.312 e. The molecule has 2 aromatic carbocycles. The van der Waals surface area contributed by atoms with Crippen molar-refractivity contribution < 1.29 is 22.5 Å². The molecule has 0 aliphatic heterocycles. The van der Waals surface area contributed by atoms with Crippen LogP contribution in [-0.4, -0.2) is 30.7 Å². The molecule has 2 aromatic rings. The summed E-state index contributed by atoms with van der Waals surface area (Å²) in [6, 6.07) is 8.72. The van der Waals surface area contributed by atoms with Crippen LogP contribution in [0.5, 0.6) is 11.5 Å². The lowest BCUT2D eigenvalue weighted by Crippen LogP contribution is -2.30. The maximum absolute atomic E-state index is 13.7. The van der Waals surface area contributed by atoms with Crippen molar-refractivity contribution in [3.8, 4) is 11.5 Å². The second-order valence-electron chi connectivity index (χ2n) is 5.01. The number of rotatable bonds is 7. The van der Waals surface area contributed by atoms with Gasteiger partial charge in [-0.25, -0.2) is 12.8 Å². The summed E-state index contributed by atoms with van der Waals surface area (Å²) in [5.74, 6) is -1.12. The van der Waals surface area contributed by atoms with Crippen molar-refractivity contribution in [1.82, 2.24) is 4.31 Å². The van der Waals surface area contributed by atoms with Gasteiger partial charge in [-0.15, -0.1) is 0 Å². The van der Waals surface area contributed by atoms with E-state index in [2.05, 4.69) is 0 Å². The molecule has 0 radical (unpaired) electrons. The van der Waals surface area contributed by atoms with E-state index in [1.807, 2.05) is 0 Å². The molecule has 0 fully saturated rings. The Bertz CT molecular complexity index is 882. The molecular weight excluding hydrogens is 351 g/mol. The number of hydrogen-bond acceptors (Lipinski definition) is 5. The standard InChI is InChI=1S/C16H17FN2O5S/c1-3-18(4-2)25(22,23)12-9-10-16(14(11-12)19(20)21)24-15-8-6-5-7-13(15)17/h5-11H,3-4H2,1-2H3. The summed E-state index contributed by atoms with van der Waals surface area (Å²) in [5, 5.41) is 11.3. The summed E-state index contributed by atoms with van der Waals surface area (Å²) in [6.45, 7) is 3.82. The Labute approximate surface area is 144 Å². The van der Waals surface area contributed by atoms with Gasteiger partial charge in [-0.2, -0.15) is 4.31 Å². The fourth-order valence-corrected chi connectivity index (χ4v) is 3.72. The molecule has 2 rings (SSSR count). The quantitative estimate of drug-likeness (QED) is 0.551.